The zero-order valence-electron chi connectivity index (χ0n) is 14.4. The number of ether oxygens (including phenoxy) is 1. The van der Waals surface area contributed by atoms with E-state index in [1.54, 1.807) is 12.1 Å². The van der Waals surface area contributed by atoms with E-state index in [0.717, 1.165) is 19.3 Å². The molecule has 2 atom stereocenters. The number of amides is 1. The summed E-state index contributed by atoms with van der Waals surface area (Å²) in [6.07, 6.45) is 2.67. The highest BCUT2D eigenvalue weighted by molar-refractivity contribution is 5.94. The normalized spacial score (nSPS) is 17.2. The summed E-state index contributed by atoms with van der Waals surface area (Å²) < 4.78 is 5.62. The van der Waals surface area contributed by atoms with Crippen LogP contribution in [0.2, 0.25) is 0 Å². The van der Waals surface area contributed by atoms with Gasteiger partial charge in [0.1, 0.15) is 6.10 Å². The predicted molar refractivity (Wildman–Crippen MR) is 96.3 cm³/mol. The van der Waals surface area contributed by atoms with Crippen LogP contribution in [0.4, 0.5) is 0 Å². The fourth-order valence-electron chi connectivity index (χ4n) is 3.20. The maximum Gasteiger partial charge on any atom is 0.308 e. The molecule has 130 valence electrons. The number of fused-ring (bicyclic) bond motifs is 1. The molecule has 1 aliphatic carbocycles. The largest absolute Gasteiger partial charge is 0.462 e. The summed E-state index contributed by atoms with van der Waals surface area (Å²) in [6.45, 7) is 1.82. The second kappa shape index (κ2) is 7.97. The van der Waals surface area contributed by atoms with E-state index in [2.05, 4.69) is 17.4 Å². The summed E-state index contributed by atoms with van der Waals surface area (Å²) in [5.74, 6) is -0.433. The van der Waals surface area contributed by atoms with Gasteiger partial charge in [0.05, 0.1) is 6.42 Å². The summed E-state index contributed by atoms with van der Waals surface area (Å²) in [5.41, 5.74) is 3.20. The van der Waals surface area contributed by atoms with E-state index in [1.807, 2.05) is 37.3 Å². The number of nitrogens with one attached hydrogen (secondary N) is 1. The standard InChI is InChI=1S/C21H23NO3/c1-15(22-21(24)17-8-3-2-4-9-17)13-20(23)25-19-12-11-16-7-5-6-10-18(16)14-19/h2-10,15,19H,11-14H2,1H3,(H,22,24). The van der Waals surface area contributed by atoms with Gasteiger partial charge in [0, 0.05) is 18.0 Å². The number of benzene rings is 2. The zero-order chi connectivity index (χ0) is 17.6. The number of aryl methyl sites for hydroxylation is 1. The maximum absolute atomic E-state index is 12.2. The third-order valence-electron chi connectivity index (χ3n) is 4.49. The van der Waals surface area contributed by atoms with Gasteiger partial charge < -0.3 is 10.1 Å². The van der Waals surface area contributed by atoms with Crippen LogP contribution in [0.5, 0.6) is 0 Å². The number of hydrogen-bond acceptors (Lipinski definition) is 3. The van der Waals surface area contributed by atoms with Crippen LogP contribution in [-0.4, -0.2) is 24.0 Å². The summed E-state index contributed by atoms with van der Waals surface area (Å²) in [5, 5.41) is 2.84. The average Bonchev–Trinajstić information content (AvgIpc) is 2.62. The van der Waals surface area contributed by atoms with E-state index in [0.29, 0.717) is 5.56 Å². The number of rotatable bonds is 5. The van der Waals surface area contributed by atoms with Crippen LogP contribution >= 0.6 is 0 Å². The number of esters is 1. The summed E-state index contributed by atoms with van der Waals surface area (Å²) >= 11 is 0. The highest BCUT2D eigenvalue weighted by atomic mass is 16.5. The quantitative estimate of drug-likeness (QED) is 0.852. The summed E-state index contributed by atoms with van der Waals surface area (Å²) in [4.78, 5) is 24.3. The Kier molecular flexibility index (Phi) is 5.49. The van der Waals surface area contributed by atoms with Crippen molar-refractivity contribution in [3.8, 4) is 0 Å². The molecule has 0 bridgehead atoms. The Morgan fingerprint density at radius 2 is 1.76 bits per heavy atom. The van der Waals surface area contributed by atoms with Gasteiger partial charge in [-0.05, 0) is 43.0 Å². The lowest BCUT2D eigenvalue weighted by Gasteiger charge is -2.25. The molecule has 4 heteroatoms. The van der Waals surface area contributed by atoms with Gasteiger partial charge in [0.15, 0.2) is 0 Å². The lowest BCUT2D eigenvalue weighted by molar-refractivity contribution is -0.150. The molecule has 0 spiro atoms. The van der Waals surface area contributed by atoms with Gasteiger partial charge in [0.25, 0.3) is 5.91 Å². The first-order chi connectivity index (χ1) is 12.1. The van der Waals surface area contributed by atoms with E-state index in [4.69, 9.17) is 4.74 Å². The molecule has 2 aromatic rings. The second-order valence-corrected chi connectivity index (χ2v) is 6.57. The van der Waals surface area contributed by atoms with E-state index in [-0.39, 0.29) is 30.4 Å². The van der Waals surface area contributed by atoms with Crippen molar-refractivity contribution in [2.24, 2.45) is 0 Å². The van der Waals surface area contributed by atoms with Crippen molar-refractivity contribution in [3.05, 3.63) is 71.3 Å². The van der Waals surface area contributed by atoms with E-state index < -0.39 is 0 Å². The van der Waals surface area contributed by atoms with Crippen molar-refractivity contribution in [1.29, 1.82) is 0 Å². The van der Waals surface area contributed by atoms with Gasteiger partial charge in [0.2, 0.25) is 0 Å². The summed E-state index contributed by atoms with van der Waals surface area (Å²) in [7, 11) is 0. The molecule has 25 heavy (non-hydrogen) atoms. The Balaban J connectivity index is 1.47. The molecule has 0 fully saturated rings. The molecular formula is C21H23NO3. The van der Waals surface area contributed by atoms with E-state index in [9.17, 15) is 9.59 Å². The van der Waals surface area contributed by atoms with Crippen LogP contribution in [0, 0.1) is 0 Å². The van der Waals surface area contributed by atoms with E-state index >= 15 is 0 Å². The molecule has 3 rings (SSSR count). The number of carbonyl (C=O) groups excluding carboxylic acids is 2. The highest BCUT2D eigenvalue weighted by Gasteiger charge is 2.22. The molecule has 2 aromatic carbocycles. The number of carbonyl (C=O) groups is 2. The number of hydrogen-bond donors (Lipinski definition) is 1. The zero-order valence-corrected chi connectivity index (χ0v) is 14.4. The molecule has 0 aliphatic heterocycles. The average molecular weight is 337 g/mol. The molecule has 1 amide bonds. The van der Waals surface area contributed by atoms with Crippen molar-refractivity contribution in [2.45, 2.75) is 44.8 Å². The molecule has 4 nitrogen and oxygen atoms in total. The van der Waals surface area contributed by atoms with Gasteiger partial charge in [-0.15, -0.1) is 0 Å². The van der Waals surface area contributed by atoms with Gasteiger partial charge in [-0.25, -0.2) is 0 Å². The Bertz CT molecular complexity index is 742. The van der Waals surface area contributed by atoms with Crippen LogP contribution in [0.3, 0.4) is 0 Å². The molecule has 0 aromatic heterocycles. The van der Waals surface area contributed by atoms with E-state index in [1.165, 1.54) is 11.1 Å². The molecular weight excluding hydrogens is 314 g/mol. The lowest BCUT2D eigenvalue weighted by atomic mass is 9.90. The van der Waals surface area contributed by atoms with Gasteiger partial charge >= 0.3 is 5.97 Å². The Labute approximate surface area is 148 Å². The van der Waals surface area contributed by atoms with Gasteiger partial charge in [-0.1, -0.05) is 42.5 Å². The smallest absolute Gasteiger partial charge is 0.308 e. The third kappa shape index (κ3) is 4.69. The van der Waals surface area contributed by atoms with Crippen LogP contribution < -0.4 is 5.32 Å². The van der Waals surface area contributed by atoms with Gasteiger partial charge in [-0.2, -0.15) is 0 Å². The van der Waals surface area contributed by atoms with Crippen LogP contribution in [-0.2, 0) is 22.4 Å². The Hall–Kier alpha value is -2.62. The molecule has 1 aliphatic rings. The van der Waals surface area contributed by atoms with Gasteiger partial charge in [-0.3, -0.25) is 9.59 Å². The van der Waals surface area contributed by atoms with Crippen molar-refractivity contribution < 1.29 is 14.3 Å². The first-order valence-electron chi connectivity index (χ1n) is 8.74. The van der Waals surface area contributed by atoms with Crippen molar-refractivity contribution in [2.75, 3.05) is 0 Å². The second-order valence-electron chi connectivity index (χ2n) is 6.57. The first-order valence-corrected chi connectivity index (χ1v) is 8.74. The maximum atomic E-state index is 12.2. The van der Waals surface area contributed by atoms with Crippen LogP contribution in [0.25, 0.3) is 0 Å². The SMILES string of the molecule is CC(CC(=O)OC1CCc2ccccc2C1)NC(=O)c1ccccc1. The monoisotopic (exact) mass is 337 g/mol. The minimum Gasteiger partial charge on any atom is -0.462 e. The molecule has 0 saturated heterocycles. The Morgan fingerprint density at radius 3 is 2.52 bits per heavy atom. The minimum absolute atomic E-state index is 0.0700. The molecule has 2 unspecified atom stereocenters. The van der Waals surface area contributed by atoms with Crippen LogP contribution in [0.15, 0.2) is 54.6 Å². The first kappa shape index (κ1) is 17.2. The third-order valence-corrected chi connectivity index (χ3v) is 4.49. The van der Waals surface area contributed by atoms with Crippen LogP contribution in [0.1, 0.15) is 41.3 Å². The van der Waals surface area contributed by atoms with Crippen molar-refractivity contribution in [3.63, 3.8) is 0 Å². The predicted octanol–water partition coefficient (Wildman–Crippen LogP) is 3.30. The van der Waals surface area contributed by atoms with Crippen molar-refractivity contribution >= 4 is 11.9 Å². The molecule has 1 N–H and O–H groups in total. The molecule has 0 saturated carbocycles. The minimum atomic E-state index is -0.268. The molecule has 0 heterocycles. The molecule has 0 radical (unpaired) electrons. The fourth-order valence-corrected chi connectivity index (χ4v) is 3.20. The Morgan fingerprint density at radius 1 is 1.08 bits per heavy atom. The lowest BCUT2D eigenvalue weighted by Crippen LogP contribution is -2.35. The van der Waals surface area contributed by atoms with Crippen molar-refractivity contribution in [1.82, 2.24) is 5.32 Å². The highest BCUT2D eigenvalue weighted by Crippen LogP contribution is 2.23. The topological polar surface area (TPSA) is 55.4 Å². The summed E-state index contributed by atoms with van der Waals surface area (Å²) in [6, 6.07) is 17.0. The fraction of sp³-hybridized carbons (Fsp3) is 0.333.